The lowest BCUT2D eigenvalue weighted by atomic mass is 9.94. The molecule has 1 saturated heterocycles. The number of amides is 2. The van der Waals surface area contributed by atoms with Gasteiger partial charge in [-0.15, -0.1) is 0 Å². The Morgan fingerprint density at radius 1 is 1.04 bits per heavy atom. The number of benzene rings is 2. The lowest BCUT2D eigenvalue weighted by Gasteiger charge is -2.15. The van der Waals surface area contributed by atoms with Gasteiger partial charge in [0.1, 0.15) is 11.6 Å². The van der Waals surface area contributed by atoms with Crippen molar-refractivity contribution in [2.75, 3.05) is 4.90 Å². The van der Waals surface area contributed by atoms with Gasteiger partial charge in [0.15, 0.2) is 0 Å². The number of anilines is 1. The molecule has 1 fully saturated rings. The van der Waals surface area contributed by atoms with Crippen molar-refractivity contribution in [1.29, 1.82) is 0 Å². The number of non-ortho nitro benzene ring substituents is 1. The first-order chi connectivity index (χ1) is 12.5. The summed E-state index contributed by atoms with van der Waals surface area (Å²) in [6.45, 7) is 1.91. The summed E-state index contributed by atoms with van der Waals surface area (Å²) in [5, 5.41) is 14.7. The highest BCUT2D eigenvalue weighted by atomic mass is 16.7. The van der Waals surface area contributed by atoms with E-state index in [-0.39, 0.29) is 5.69 Å². The van der Waals surface area contributed by atoms with Gasteiger partial charge < -0.3 is 4.84 Å². The molecular weight excluding hydrogens is 338 g/mol. The van der Waals surface area contributed by atoms with E-state index in [0.717, 1.165) is 10.5 Å². The van der Waals surface area contributed by atoms with Crippen LogP contribution in [-0.2, 0) is 14.4 Å². The van der Waals surface area contributed by atoms with E-state index >= 15 is 0 Å². The van der Waals surface area contributed by atoms with Crippen LogP contribution in [0.4, 0.5) is 11.4 Å². The van der Waals surface area contributed by atoms with Gasteiger partial charge >= 0.3 is 0 Å². The van der Waals surface area contributed by atoms with Crippen molar-refractivity contribution in [3.8, 4) is 0 Å². The van der Waals surface area contributed by atoms with Gasteiger partial charge in [0.2, 0.25) is 12.0 Å². The fourth-order valence-electron chi connectivity index (χ4n) is 3.12. The minimum absolute atomic E-state index is 0.0695. The number of nitro groups is 1. The molecule has 0 saturated carbocycles. The Balaban J connectivity index is 1.66. The second-order valence-electron chi connectivity index (χ2n) is 6.13. The molecule has 8 heteroatoms. The monoisotopic (exact) mass is 351 g/mol. The maximum atomic E-state index is 12.9. The van der Waals surface area contributed by atoms with Gasteiger partial charge in [0.25, 0.3) is 11.6 Å². The standard InChI is InChI=1S/C18H13N3O5/c1-10-2-6-12(7-3-10)20-17(22)14-15(19-26-16(14)18(20)23)11-4-8-13(9-5-11)21(24)25/h2-9,14,16H,1H3/t14-,16+/m0/s1. The van der Waals surface area contributed by atoms with Gasteiger partial charge in [0.05, 0.1) is 10.6 Å². The molecule has 0 bridgehead atoms. The van der Waals surface area contributed by atoms with E-state index in [1.165, 1.54) is 24.3 Å². The zero-order valence-corrected chi connectivity index (χ0v) is 13.7. The lowest BCUT2D eigenvalue weighted by molar-refractivity contribution is -0.384. The zero-order valence-electron chi connectivity index (χ0n) is 13.7. The predicted octanol–water partition coefficient (Wildman–Crippen LogP) is 2.20. The maximum Gasteiger partial charge on any atom is 0.278 e. The number of oxime groups is 1. The molecule has 2 aromatic rings. The van der Waals surface area contributed by atoms with Crippen molar-refractivity contribution in [1.82, 2.24) is 0 Å². The van der Waals surface area contributed by atoms with E-state index in [9.17, 15) is 19.7 Å². The lowest BCUT2D eigenvalue weighted by Crippen LogP contribution is -2.33. The zero-order chi connectivity index (χ0) is 18.4. The molecule has 2 aliphatic rings. The average Bonchev–Trinajstić information content (AvgIpc) is 3.17. The molecule has 2 amide bonds. The Morgan fingerprint density at radius 3 is 2.31 bits per heavy atom. The summed E-state index contributed by atoms with van der Waals surface area (Å²) >= 11 is 0. The first-order valence-corrected chi connectivity index (χ1v) is 7.90. The highest BCUT2D eigenvalue weighted by Crippen LogP contribution is 2.35. The SMILES string of the molecule is Cc1ccc(N2C(=O)[C@H]3C(c4ccc([N+](=O)[O-])cc4)=NO[C@H]3C2=O)cc1. The molecule has 2 atom stereocenters. The highest BCUT2D eigenvalue weighted by Gasteiger charge is 2.56. The summed E-state index contributed by atoms with van der Waals surface area (Å²) in [7, 11) is 0. The van der Waals surface area contributed by atoms with Crippen molar-refractivity contribution < 1.29 is 19.3 Å². The third-order valence-electron chi connectivity index (χ3n) is 4.48. The van der Waals surface area contributed by atoms with Gasteiger partial charge in [-0.05, 0) is 31.2 Å². The summed E-state index contributed by atoms with van der Waals surface area (Å²) in [5.41, 5.74) is 2.23. The van der Waals surface area contributed by atoms with Crippen LogP contribution >= 0.6 is 0 Å². The number of hydrogen-bond donors (Lipinski definition) is 0. The Morgan fingerprint density at radius 2 is 1.69 bits per heavy atom. The molecule has 8 nitrogen and oxygen atoms in total. The van der Waals surface area contributed by atoms with Crippen molar-refractivity contribution in [3.63, 3.8) is 0 Å². The van der Waals surface area contributed by atoms with Gasteiger partial charge in [-0.2, -0.15) is 0 Å². The molecule has 0 radical (unpaired) electrons. The fourth-order valence-corrected chi connectivity index (χ4v) is 3.12. The number of carbonyl (C=O) groups is 2. The van der Waals surface area contributed by atoms with Gasteiger partial charge in [-0.25, -0.2) is 4.90 Å². The van der Waals surface area contributed by atoms with E-state index in [1.54, 1.807) is 12.1 Å². The quantitative estimate of drug-likeness (QED) is 0.479. The Kier molecular flexibility index (Phi) is 3.54. The summed E-state index contributed by atoms with van der Waals surface area (Å²) < 4.78 is 0. The van der Waals surface area contributed by atoms with Crippen LogP contribution < -0.4 is 4.90 Å². The second-order valence-corrected chi connectivity index (χ2v) is 6.13. The number of nitrogens with zero attached hydrogens (tertiary/aromatic N) is 3. The smallest absolute Gasteiger partial charge is 0.278 e. The summed E-state index contributed by atoms with van der Waals surface area (Å²) in [6.07, 6.45) is -1.01. The molecule has 0 aromatic heterocycles. The summed E-state index contributed by atoms with van der Waals surface area (Å²) in [6, 6.07) is 12.7. The normalized spacial score (nSPS) is 21.4. The summed E-state index contributed by atoms with van der Waals surface area (Å²) in [4.78, 5) is 42.1. The second kappa shape index (κ2) is 5.76. The first kappa shape index (κ1) is 15.9. The number of nitro benzene ring substituents is 1. The van der Waals surface area contributed by atoms with E-state index in [4.69, 9.17) is 4.84 Å². The van der Waals surface area contributed by atoms with Crippen LogP contribution in [0.15, 0.2) is 53.7 Å². The number of fused-ring (bicyclic) bond motifs is 1. The largest absolute Gasteiger partial charge is 0.381 e. The van der Waals surface area contributed by atoms with E-state index in [1.807, 2.05) is 19.1 Å². The van der Waals surface area contributed by atoms with E-state index < -0.39 is 28.8 Å². The number of carbonyl (C=O) groups excluding carboxylic acids is 2. The number of imide groups is 1. The predicted molar refractivity (Wildman–Crippen MR) is 91.7 cm³/mol. The van der Waals surface area contributed by atoms with Crippen LogP contribution in [-0.4, -0.2) is 28.6 Å². The molecule has 26 heavy (non-hydrogen) atoms. The van der Waals surface area contributed by atoms with Crippen LogP contribution in [0.1, 0.15) is 11.1 Å². The molecule has 2 heterocycles. The first-order valence-electron chi connectivity index (χ1n) is 7.90. The topological polar surface area (TPSA) is 102 Å². The van der Waals surface area contributed by atoms with Crippen molar-refractivity contribution in [3.05, 3.63) is 69.8 Å². The van der Waals surface area contributed by atoms with Crippen LogP contribution in [0.5, 0.6) is 0 Å². The highest BCUT2D eigenvalue weighted by molar-refractivity contribution is 6.32. The van der Waals surface area contributed by atoms with E-state index in [2.05, 4.69) is 5.16 Å². The molecule has 4 rings (SSSR count). The molecular formula is C18H13N3O5. The Bertz CT molecular complexity index is 950. The van der Waals surface area contributed by atoms with Crippen LogP contribution in [0.25, 0.3) is 0 Å². The van der Waals surface area contributed by atoms with Crippen molar-refractivity contribution in [2.45, 2.75) is 13.0 Å². The van der Waals surface area contributed by atoms with Gasteiger partial charge in [-0.1, -0.05) is 22.9 Å². The van der Waals surface area contributed by atoms with Crippen molar-refractivity contribution in [2.24, 2.45) is 11.1 Å². The van der Waals surface area contributed by atoms with Gasteiger partial charge in [0, 0.05) is 17.7 Å². The minimum Gasteiger partial charge on any atom is -0.381 e. The molecule has 130 valence electrons. The van der Waals surface area contributed by atoms with Crippen LogP contribution in [0.2, 0.25) is 0 Å². The number of aryl methyl sites for hydroxylation is 1. The van der Waals surface area contributed by atoms with Crippen molar-refractivity contribution >= 4 is 28.9 Å². The van der Waals surface area contributed by atoms with Crippen LogP contribution in [0.3, 0.4) is 0 Å². The Hall–Kier alpha value is -3.55. The average molecular weight is 351 g/mol. The third kappa shape index (κ3) is 2.34. The van der Waals surface area contributed by atoms with Gasteiger partial charge in [-0.3, -0.25) is 19.7 Å². The third-order valence-corrected chi connectivity index (χ3v) is 4.48. The summed E-state index contributed by atoms with van der Waals surface area (Å²) in [5.74, 6) is -1.74. The van der Waals surface area contributed by atoms with E-state index in [0.29, 0.717) is 17.0 Å². The molecule has 2 aliphatic heterocycles. The number of hydrogen-bond acceptors (Lipinski definition) is 6. The number of rotatable bonds is 3. The molecule has 2 aromatic carbocycles. The molecule has 0 aliphatic carbocycles. The maximum absolute atomic E-state index is 12.9. The fraction of sp³-hybridized carbons (Fsp3) is 0.167. The molecule has 0 spiro atoms. The van der Waals surface area contributed by atoms with Crippen LogP contribution in [0, 0.1) is 23.0 Å². The Labute approximate surface area is 147 Å². The molecule has 0 N–H and O–H groups in total. The minimum atomic E-state index is -1.01. The molecule has 0 unspecified atom stereocenters.